The maximum atomic E-state index is 14.4. The average molecular weight is 2080 g/mol. The number of amides is 15. The van der Waals surface area contributed by atoms with Crippen molar-refractivity contribution < 1.29 is 136 Å². The number of fused-ring (bicyclic) bond motifs is 2. The van der Waals surface area contributed by atoms with Gasteiger partial charge in [0.05, 0.1) is 83.4 Å². The summed E-state index contributed by atoms with van der Waals surface area (Å²) in [7, 11) is 1.57. The average Bonchev–Trinajstić information content (AvgIpc) is 1.67. The Labute approximate surface area is 854 Å². The number of Topliss-reactive ketones (excluding diaryl/α,β-unsaturated/α-hetero) is 2. The van der Waals surface area contributed by atoms with Crippen LogP contribution < -0.4 is 91.6 Å². The number of aliphatic hydroxyl groups excluding tert-OH is 3. The Morgan fingerprint density at radius 1 is 0.531 bits per heavy atom. The highest BCUT2D eigenvalue weighted by molar-refractivity contribution is 6.00. The highest BCUT2D eigenvalue weighted by Gasteiger charge is 2.43. The second kappa shape index (κ2) is 72.1. The Hall–Kier alpha value is -13.2. The van der Waals surface area contributed by atoms with Gasteiger partial charge < -0.3 is 142 Å². The molecule has 0 spiro atoms. The molecule has 0 bridgehead atoms. The molecule has 5 rings (SSSR count). The second-order valence-electron chi connectivity index (χ2n) is 36.4. The summed E-state index contributed by atoms with van der Waals surface area (Å²) >= 11 is 0. The summed E-state index contributed by atoms with van der Waals surface area (Å²) in [5.74, 6) is -15.3. The molecule has 0 unspecified atom stereocenters. The smallest absolute Gasteiger partial charge is 0.317 e. The van der Waals surface area contributed by atoms with Crippen LogP contribution in [0, 0.1) is 0 Å². The van der Waals surface area contributed by atoms with Gasteiger partial charge in [0, 0.05) is 94.8 Å². The summed E-state index contributed by atoms with van der Waals surface area (Å²) in [5.41, 5.74) is 18.6. The van der Waals surface area contributed by atoms with E-state index in [4.69, 9.17) is 42.0 Å². The number of carbonyl (C=O) groups excluding carboxylic acids is 17. The molecule has 49 nitrogen and oxygen atoms in total. The van der Waals surface area contributed by atoms with Gasteiger partial charge in [-0.1, -0.05) is 133 Å². The van der Waals surface area contributed by atoms with Crippen molar-refractivity contribution in [2.45, 2.75) is 299 Å². The normalized spacial score (nSPS) is 18.1. The third-order valence-corrected chi connectivity index (χ3v) is 24.2. The summed E-state index contributed by atoms with van der Waals surface area (Å²) in [6.07, 6.45) is 16.3. The SMILES string of the molecule is CCCC[C@H](NC(=O)[C@H](CCCCNC(=O)CN(CC(=O)O)CC(=O)O)NC(=O)[C@H](CO)NC(=O)[C@H](CCC(N)=O)NC(=O)[C@H](CO)NC(=O)CNC(=O)COCCOCCNC(=O)CCCCCCCCCCCCCCC(=O)O)C(C)=O.CN[C@H]1CCC(=O)NCCCC[C@@H](C(C)=O)NC(=O)[C@H](Cc2c[nH]c3ccccc23)NC(=O)[C@H](CCCN=C(N)N)NC(=O)[C@@H](Cc2ccccc2)NC(=O)[C@@H]2C[C@@H](O)CN2C1=O. The Balaban J connectivity index is 0.000000635. The molecule has 0 aliphatic carbocycles. The highest BCUT2D eigenvalue weighted by atomic mass is 16.5. The molecule has 2 saturated heterocycles. The summed E-state index contributed by atoms with van der Waals surface area (Å²) in [5, 5.41) is 94.8. The van der Waals surface area contributed by atoms with Crippen molar-refractivity contribution >= 4 is 135 Å². The first kappa shape index (κ1) is 126. The largest absolute Gasteiger partial charge is 0.481 e. The lowest BCUT2D eigenvalue weighted by Crippen LogP contribution is -2.60. The Morgan fingerprint density at radius 3 is 1.69 bits per heavy atom. The van der Waals surface area contributed by atoms with E-state index < -0.39 is 226 Å². The quantitative estimate of drug-likeness (QED) is 0.0154. The monoisotopic (exact) mass is 2070 g/mol. The first-order chi connectivity index (χ1) is 70.2. The first-order valence-electron chi connectivity index (χ1n) is 50.4. The predicted molar refractivity (Wildman–Crippen MR) is 536 cm³/mol. The van der Waals surface area contributed by atoms with Crippen molar-refractivity contribution in [1.29, 1.82) is 0 Å². The maximum Gasteiger partial charge on any atom is 0.317 e. The molecule has 2 aromatic carbocycles. The fourth-order valence-electron chi connectivity index (χ4n) is 16.1. The fraction of sp³-hybridized carbons (Fsp3) is 0.643. The number of aliphatic imine (C=N–C) groups is 1. The van der Waals surface area contributed by atoms with Crippen molar-refractivity contribution in [3.63, 3.8) is 0 Å². The van der Waals surface area contributed by atoms with Gasteiger partial charge >= 0.3 is 17.9 Å². The molecule has 2 aliphatic rings. The number of likely N-dealkylation sites (N-methyl/N-ethyl adjacent to an activating group) is 1. The molecule has 12 atom stereocenters. The van der Waals surface area contributed by atoms with E-state index in [2.05, 4.69) is 84.4 Å². The van der Waals surface area contributed by atoms with Crippen LogP contribution in [0.25, 0.3) is 10.9 Å². The predicted octanol–water partition coefficient (Wildman–Crippen LogP) is -2.83. The topological polar surface area (TPSA) is 762 Å². The number of primary amides is 1. The number of carboxylic acid groups (broad SMARTS) is 3. The number of benzene rings is 2. The summed E-state index contributed by atoms with van der Waals surface area (Å²) in [6.45, 7) is 0.221. The van der Waals surface area contributed by atoms with Gasteiger partial charge in [0.15, 0.2) is 17.5 Å². The second-order valence-corrected chi connectivity index (χ2v) is 36.4. The number of hydrogen-bond donors (Lipinski definition) is 24. The number of nitrogens with zero attached hydrogens (tertiary/aromatic N) is 3. The van der Waals surface area contributed by atoms with Gasteiger partial charge in [-0.15, -0.1) is 0 Å². The number of unbranched alkanes of at least 4 members (excludes halogenated alkanes) is 13. The molecule has 0 saturated carbocycles. The van der Waals surface area contributed by atoms with Crippen molar-refractivity contribution in [3.05, 3.63) is 71.9 Å². The molecule has 147 heavy (non-hydrogen) atoms. The van der Waals surface area contributed by atoms with Crippen LogP contribution in [-0.2, 0) is 118 Å². The zero-order valence-electron chi connectivity index (χ0n) is 84.7. The van der Waals surface area contributed by atoms with Gasteiger partial charge in [-0.05, 0) is 122 Å². The number of carboxylic acids is 3. The number of aliphatic hydroxyl groups is 3. The third kappa shape index (κ3) is 53.1. The number of carbonyl (C=O) groups is 20. The molecule has 3 aromatic rings. The van der Waals surface area contributed by atoms with E-state index in [0.717, 1.165) is 79.2 Å². The fourth-order valence-corrected chi connectivity index (χ4v) is 16.1. The lowest BCUT2D eigenvalue weighted by molar-refractivity contribution is -0.143. The van der Waals surface area contributed by atoms with Crippen molar-refractivity contribution in [2.75, 3.05) is 106 Å². The van der Waals surface area contributed by atoms with E-state index in [1.807, 2.05) is 31.2 Å². The van der Waals surface area contributed by atoms with Crippen molar-refractivity contribution in [2.24, 2.45) is 22.2 Å². The molecule has 1 aromatic heterocycles. The van der Waals surface area contributed by atoms with Crippen molar-refractivity contribution in [3.8, 4) is 0 Å². The zero-order valence-corrected chi connectivity index (χ0v) is 84.7. The van der Waals surface area contributed by atoms with E-state index in [0.29, 0.717) is 44.2 Å². The lowest BCUT2D eigenvalue weighted by atomic mass is 10.0. The van der Waals surface area contributed by atoms with Crippen LogP contribution in [0.15, 0.2) is 65.8 Å². The number of ketones is 2. The number of guanidine groups is 1. The van der Waals surface area contributed by atoms with Crippen LogP contribution in [0.5, 0.6) is 0 Å². The Morgan fingerprint density at radius 2 is 1.08 bits per heavy atom. The minimum Gasteiger partial charge on any atom is -0.481 e. The summed E-state index contributed by atoms with van der Waals surface area (Å²) < 4.78 is 10.7. The van der Waals surface area contributed by atoms with Gasteiger partial charge in [-0.3, -0.25) is 106 Å². The number of hydrogen-bond acceptors (Lipinski definition) is 28. The number of rotatable bonds is 64. The Bertz CT molecular complexity index is 4720. The highest BCUT2D eigenvalue weighted by Crippen LogP contribution is 2.24. The molecule has 820 valence electrons. The molecular weight excluding hydrogens is 1920 g/mol. The van der Waals surface area contributed by atoms with Crippen LogP contribution >= 0.6 is 0 Å². The number of H-pyrrole nitrogens is 1. The first-order valence-corrected chi connectivity index (χ1v) is 50.4. The number of aromatic amines is 1. The number of nitrogens with two attached hydrogens (primary N) is 3. The van der Waals surface area contributed by atoms with Crippen LogP contribution in [-0.4, -0.2) is 348 Å². The Kier molecular flexibility index (Phi) is 61.9. The van der Waals surface area contributed by atoms with Crippen LogP contribution in [0.3, 0.4) is 0 Å². The summed E-state index contributed by atoms with van der Waals surface area (Å²) in [4.78, 5) is 267. The van der Waals surface area contributed by atoms with E-state index in [-0.39, 0.29) is 159 Å². The number of ether oxygens (including phenoxy) is 2. The molecule has 27 N–H and O–H groups in total. The zero-order chi connectivity index (χ0) is 109. The lowest BCUT2D eigenvalue weighted by Gasteiger charge is -2.30. The number of aliphatic carboxylic acids is 3. The van der Waals surface area contributed by atoms with E-state index in [1.165, 1.54) is 38.0 Å². The maximum absolute atomic E-state index is 14.4. The molecule has 15 amide bonds. The number of aromatic nitrogens is 1. The summed E-state index contributed by atoms with van der Waals surface area (Å²) in [6, 6.07) is 2.27. The van der Waals surface area contributed by atoms with E-state index >= 15 is 0 Å². The van der Waals surface area contributed by atoms with Crippen LogP contribution in [0.2, 0.25) is 0 Å². The van der Waals surface area contributed by atoms with E-state index in [9.17, 15) is 111 Å². The van der Waals surface area contributed by atoms with Crippen LogP contribution in [0.4, 0.5) is 0 Å². The third-order valence-electron chi connectivity index (χ3n) is 24.2. The van der Waals surface area contributed by atoms with Crippen LogP contribution in [0.1, 0.15) is 225 Å². The van der Waals surface area contributed by atoms with E-state index in [1.54, 1.807) is 43.6 Å². The minimum atomic E-state index is -1.79. The minimum absolute atomic E-state index is 0.00372. The van der Waals surface area contributed by atoms with Gasteiger partial charge in [0.1, 0.15) is 54.9 Å². The molecule has 2 fully saturated rings. The van der Waals surface area contributed by atoms with Gasteiger partial charge in [0.25, 0.3) is 0 Å². The molecule has 2 aliphatic heterocycles. The standard InChI is InChI=1S/C54H94N10O20.C44H61N11O8/c1-3-4-19-38(37(2)67)60-51(79)39(20-17-18-25-56-46(71)31-64(32-49(75)76)33-50(77)78)61-54(82)42(35-66)63-52(80)40(23-24-43(55)68)62-53(81)41(34-65)59-45(70)30-58-47(72)36-84-29-28-83-27-26-57-44(69)21-15-13-11-9-7-5-6-8-10-12-14-16-22-48(73)74;1-26(56)31-14-8-9-19-48-38(58)18-17-34(47-2)43(63)55-25-29(57)23-37(55)42(62)54-35(21-27-11-4-3-5-12-27)40(60)52-33(16-10-20-49-44(45)46)39(59)53-36(41(61)51-31)22-28-24-50-32-15-7-6-13-30(28)32/h38-42,65-66H,3-36H2,1-2H3,(H2,55,68)(H,56,71)(H,57,69)(H,58,72)(H,59,70)(H,60,79)(H,61,82)(H,62,81)(H,63,80)(H,73,74)(H,75,76)(H,77,78);3-7,11-13,15,24,29,31,33-37,47,50,57H,8-10,14,16-23,25H2,1-2H3,(H,48,58)(H,51,61)(H,52,60)(H,53,59)(H,54,62)(H4,45,46,49)/t38-,39-,40-,41-,42-;29-,31+,33+,34+,35-,36+,37+/m01/s1. The molecular formula is C98H155N21O28. The number of nitrogens with one attached hydrogen (secondary N) is 15. The van der Waals surface area contributed by atoms with Crippen molar-refractivity contribution in [1.82, 2.24) is 89.2 Å². The molecule has 49 heteroatoms. The molecule has 3 heterocycles. The van der Waals surface area contributed by atoms with Gasteiger partial charge in [-0.2, -0.15) is 0 Å². The number of para-hydroxylation sites is 1. The molecule has 0 radical (unpaired) electrons. The van der Waals surface area contributed by atoms with Gasteiger partial charge in [-0.25, -0.2) is 0 Å². The van der Waals surface area contributed by atoms with Gasteiger partial charge in [0.2, 0.25) is 88.6 Å².